The van der Waals surface area contributed by atoms with Crippen molar-refractivity contribution in [2.24, 2.45) is 11.5 Å². The van der Waals surface area contributed by atoms with E-state index >= 15 is 0 Å². The van der Waals surface area contributed by atoms with Gasteiger partial charge in [0.2, 0.25) is 11.8 Å². The summed E-state index contributed by atoms with van der Waals surface area (Å²) in [6.45, 7) is 2.03. The van der Waals surface area contributed by atoms with Gasteiger partial charge >= 0.3 is 0 Å². The highest BCUT2D eigenvalue weighted by atomic mass is 35.5. The molecule has 0 aromatic heterocycles. The number of carbonyl (C=O) groups excluding carboxylic acids is 3. The highest BCUT2D eigenvalue weighted by molar-refractivity contribution is 6.09. The predicted octanol–water partition coefficient (Wildman–Crippen LogP) is 1.91. The molecule has 0 aliphatic carbocycles. The number of hydrogen-bond donors (Lipinski definition) is 4. The lowest BCUT2D eigenvalue weighted by atomic mass is 10.1. The first-order valence-corrected chi connectivity index (χ1v) is 9.55. The fourth-order valence-electron chi connectivity index (χ4n) is 2.89. The maximum absolute atomic E-state index is 12.5. The van der Waals surface area contributed by atoms with E-state index in [2.05, 4.69) is 10.6 Å². The minimum atomic E-state index is -0.908. The van der Waals surface area contributed by atoms with Crippen LogP contribution in [-0.4, -0.2) is 43.5 Å². The summed E-state index contributed by atoms with van der Waals surface area (Å²) in [5, 5.41) is 6.51. The van der Waals surface area contributed by atoms with Crippen LogP contribution in [0.5, 0.6) is 5.75 Å². The van der Waals surface area contributed by atoms with Gasteiger partial charge in [-0.1, -0.05) is 30.7 Å². The Hall–Kier alpha value is -2.39. The van der Waals surface area contributed by atoms with Crippen molar-refractivity contribution in [3.05, 3.63) is 42.0 Å². The number of nitrogens with two attached hydrogens (primary N) is 2. The van der Waals surface area contributed by atoms with Crippen LogP contribution in [0.25, 0.3) is 10.8 Å². The number of amides is 3. The topological polar surface area (TPSA) is 137 Å². The second kappa shape index (κ2) is 13.8. The van der Waals surface area contributed by atoms with Gasteiger partial charge in [-0.3, -0.25) is 19.7 Å². The van der Waals surface area contributed by atoms with Gasteiger partial charge in [-0.15, -0.1) is 24.8 Å². The van der Waals surface area contributed by atoms with Gasteiger partial charge in [0.15, 0.2) is 0 Å². The molecule has 2 aromatic carbocycles. The second-order valence-electron chi connectivity index (χ2n) is 6.84. The zero-order chi connectivity index (χ0) is 21.4. The molecule has 10 heteroatoms. The van der Waals surface area contributed by atoms with E-state index in [4.69, 9.17) is 16.2 Å². The van der Waals surface area contributed by atoms with Crippen molar-refractivity contribution in [1.82, 2.24) is 10.6 Å². The lowest BCUT2D eigenvalue weighted by molar-refractivity contribution is -0.128. The molecule has 3 amide bonds. The molecule has 0 radical (unpaired) electrons. The molecule has 0 spiro atoms. The Balaban J connectivity index is 0.00000450. The number of nitrogens with one attached hydrogen (secondary N) is 2. The lowest BCUT2D eigenvalue weighted by Gasteiger charge is -2.17. The molecule has 6 N–H and O–H groups in total. The van der Waals surface area contributed by atoms with Crippen LogP contribution in [0.2, 0.25) is 0 Å². The summed E-state index contributed by atoms with van der Waals surface area (Å²) in [6, 6.07) is 9.08. The molecule has 0 heterocycles. The Morgan fingerprint density at radius 2 is 1.74 bits per heavy atom. The number of hydrogen-bond acceptors (Lipinski definition) is 6. The number of rotatable bonds is 9. The summed E-state index contributed by atoms with van der Waals surface area (Å²) >= 11 is 0. The molecule has 0 bridgehead atoms. The fourth-order valence-corrected chi connectivity index (χ4v) is 2.89. The van der Waals surface area contributed by atoms with Gasteiger partial charge in [-0.25, -0.2) is 0 Å². The summed E-state index contributed by atoms with van der Waals surface area (Å²) < 4.78 is 5.35. The number of methoxy groups -OCH3 is 1. The van der Waals surface area contributed by atoms with Crippen LogP contribution in [0.15, 0.2) is 36.4 Å². The van der Waals surface area contributed by atoms with Gasteiger partial charge < -0.3 is 21.5 Å². The van der Waals surface area contributed by atoms with Crippen LogP contribution >= 0.6 is 24.8 Å². The molecule has 0 aliphatic rings. The van der Waals surface area contributed by atoms with E-state index in [1.165, 1.54) is 14.0 Å². The molecular formula is C21H30Cl2N4O4. The van der Waals surface area contributed by atoms with Crippen molar-refractivity contribution in [2.75, 3.05) is 13.7 Å². The molecular weight excluding hydrogens is 443 g/mol. The third kappa shape index (κ3) is 7.99. The van der Waals surface area contributed by atoms with E-state index in [1.807, 2.05) is 24.3 Å². The van der Waals surface area contributed by atoms with Crippen molar-refractivity contribution in [3.63, 3.8) is 0 Å². The monoisotopic (exact) mass is 472 g/mol. The van der Waals surface area contributed by atoms with E-state index in [1.54, 1.807) is 12.1 Å². The third-order valence-electron chi connectivity index (χ3n) is 4.60. The van der Waals surface area contributed by atoms with E-state index in [9.17, 15) is 14.4 Å². The Kier molecular flexibility index (Phi) is 12.8. The van der Waals surface area contributed by atoms with Crippen molar-refractivity contribution in [1.29, 1.82) is 0 Å². The normalized spacial score (nSPS) is 12.0. The summed E-state index contributed by atoms with van der Waals surface area (Å²) in [6.07, 6.45) is 1.99. The van der Waals surface area contributed by atoms with Crippen LogP contribution < -0.4 is 26.8 Å². The van der Waals surface area contributed by atoms with Crippen LogP contribution in [-0.2, 0) is 9.59 Å². The number of unbranched alkanes of at least 4 members (excludes halogenated alkanes) is 1. The van der Waals surface area contributed by atoms with Crippen molar-refractivity contribution in [2.45, 2.75) is 38.3 Å². The maximum Gasteiger partial charge on any atom is 0.258 e. The number of fused-ring (bicyclic) bond motifs is 1. The largest absolute Gasteiger partial charge is 0.496 e. The first kappa shape index (κ1) is 28.6. The summed E-state index contributed by atoms with van der Waals surface area (Å²) in [5.41, 5.74) is 11.5. The molecule has 0 fully saturated rings. The Bertz CT molecular complexity index is 895. The fraction of sp³-hybridized carbons (Fsp3) is 0.381. The SMILES string of the molecule is COc1cc(C(=O)NC(=O)[C@@H](C)NC(=O)[C@H](N)CCCCN)cc2ccccc12.Cl.Cl. The zero-order valence-electron chi connectivity index (χ0n) is 17.6. The smallest absolute Gasteiger partial charge is 0.258 e. The molecule has 0 saturated heterocycles. The van der Waals surface area contributed by atoms with Gasteiger partial charge in [0.05, 0.1) is 13.2 Å². The molecule has 0 unspecified atom stereocenters. The summed E-state index contributed by atoms with van der Waals surface area (Å²) in [5.74, 6) is -1.10. The van der Waals surface area contributed by atoms with Gasteiger partial charge in [-0.2, -0.15) is 0 Å². The first-order chi connectivity index (χ1) is 13.9. The lowest BCUT2D eigenvalue weighted by Crippen LogP contribution is -2.51. The molecule has 0 saturated carbocycles. The number of ether oxygens (including phenoxy) is 1. The van der Waals surface area contributed by atoms with Crippen molar-refractivity contribution in [3.8, 4) is 5.75 Å². The molecule has 2 aromatic rings. The minimum Gasteiger partial charge on any atom is -0.496 e. The Morgan fingerprint density at radius 1 is 1.06 bits per heavy atom. The van der Waals surface area contributed by atoms with E-state index in [-0.39, 0.29) is 30.4 Å². The van der Waals surface area contributed by atoms with Gasteiger partial charge in [0, 0.05) is 10.9 Å². The molecule has 172 valence electrons. The molecule has 8 nitrogen and oxygen atoms in total. The molecule has 0 aliphatic heterocycles. The van der Waals surface area contributed by atoms with Gasteiger partial charge in [-0.05, 0) is 43.8 Å². The van der Waals surface area contributed by atoms with Gasteiger partial charge in [0.1, 0.15) is 11.8 Å². The Morgan fingerprint density at radius 3 is 2.39 bits per heavy atom. The molecule has 2 atom stereocenters. The average Bonchev–Trinajstić information content (AvgIpc) is 2.72. The minimum absolute atomic E-state index is 0. The summed E-state index contributed by atoms with van der Waals surface area (Å²) in [4.78, 5) is 36.9. The van der Waals surface area contributed by atoms with E-state index in [0.29, 0.717) is 18.7 Å². The maximum atomic E-state index is 12.5. The molecule has 2 rings (SSSR count). The van der Waals surface area contributed by atoms with E-state index < -0.39 is 29.8 Å². The Labute approximate surface area is 194 Å². The average molecular weight is 473 g/mol. The summed E-state index contributed by atoms with van der Waals surface area (Å²) in [7, 11) is 1.52. The van der Waals surface area contributed by atoms with Crippen LogP contribution in [0, 0.1) is 0 Å². The second-order valence-corrected chi connectivity index (χ2v) is 6.84. The zero-order valence-corrected chi connectivity index (χ0v) is 19.2. The number of imide groups is 1. The third-order valence-corrected chi connectivity index (χ3v) is 4.60. The van der Waals surface area contributed by atoms with E-state index in [0.717, 1.165) is 23.6 Å². The molecule has 31 heavy (non-hydrogen) atoms. The van der Waals surface area contributed by atoms with Crippen LogP contribution in [0.1, 0.15) is 36.5 Å². The van der Waals surface area contributed by atoms with Crippen LogP contribution in [0.3, 0.4) is 0 Å². The van der Waals surface area contributed by atoms with Crippen molar-refractivity contribution < 1.29 is 19.1 Å². The number of carbonyl (C=O) groups is 3. The standard InChI is InChI=1S/C21H28N4O4.2ClH/c1-13(24-21(28)17(23)9-5-6-10-22)19(26)25-20(27)15-11-14-7-3-4-8-16(14)18(12-15)29-2;;/h3-4,7-8,11-13,17H,5-6,9-10,22-23H2,1-2H3,(H,24,28)(H,25,26,27);2*1H/t13-,17-;;/m1../s1. The van der Waals surface area contributed by atoms with Gasteiger partial charge in [0.25, 0.3) is 5.91 Å². The van der Waals surface area contributed by atoms with Crippen LogP contribution in [0.4, 0.5) is 0 Å². The highest BCUT2D eigenvalue weighted by Gasteiger charge is 2.22. The predicted molar refractivity (Wildman–Crippen MR) is 126 cm³/mol. The quantitative estimate of drug-likeness (QED) is 0.411. The number of benzene rings is 2. The first-order valence-electron chi connectivity index (χ1n) is 9.55. The highest BCUT2D eigenvalue weighted by Crippen LogP contribution is 2.27. The number of halogens is 2. The van der Waals surface area contributed by atoms with Crippen molar-refractivity contribution >= 4 is 53.3 Å².